The molecular formula is C9H9N3O2. The first-order chi connectivity index (χ1) is 6.84. The first kappa shape index (κ1) is 7.75. The van der Waals surface area contributed by atoms with Gasteiger partial charge in [-0.25, -0.2) is 4.52 Å². The fourth-order valence-corrected chi connectivity index (χ4v) is 1.50. The summed E-state index contributed by atoms with van der Waals surface area (Å²) in [6.45, 7) is 1.40. The zero-order chi connectivity index (χ0) is 9.54. The highest BCUT2D eigenvalue weighted by Crippen LogP contribution is 2.10. The van der Waals surface area contributed by atoms with Crippen LogP contribution >= 0.6 is 0 Å². The predicted octanol–water partition coefficient (Wildman–Crippen LogP) is -0.105. The molecule has 3 rings (SSSR count). The Morgan fingerprint density at radius 1 is 1.57 bits per heavy atom. The molecule has 1 atom stereocenters. The van der Waals surface area contributed by atoms with Gasteiger partial charge in [-0.3, -0.25) is 4.79 Å². The van der Waals surface area contributed by atoms with Crippen LogP contribution in [0.3, 0.4) is 0 Å². The second-order valence-electron chi connectivity index (χ2n) is 3.37. The summed E-state index contributed by atoms with van der Waals surface area (Å²) in [5.74, 6) is 0. The number of hydrogen-bond acceptors (Lipinski definition) is 3. The van der Waals surface area contributed by atoms with Crippen LogP contribution in [0.5, 0.6) is 0 Å². The van der Waals surface area contributed by atoms with E-state index in [1.807, 2.05) is 0 Å². The average Bonchev–Trinajstić information content (AvgIpc) is 2.85. The number of fused-ring (bicyclic) bond motifs is 1. The van der Waals surface area contributed by atoms with Crippen molar-refractivity contribution in [3.8, 4) is 0 Å². The van der Waals surface area contributed by atoms with Crippen LogP contribution in [0, 0.1) is 0 Å². The highest BCUT2D eigenvalue weighted by molar-refractivity contribution is 5.42. The van der Waals surface area contributed by atoms with E-state index in [4.69, 9.17) is 4.74 Å². The Morgan fingerprint density at radius 3 is 3.21 bits per heavy atom. The molecule has 0 saturated carbocycles. The fourth-order valence-electron chi connectivity index (χ4n) is 1.50. The van der Waals surface area contributed by atoms with E-state index in [2.05, 4.69) is 5.10 Å². The Labute approximate surface area is 79.5 Å². The van der Waals surface area contributed by atoms with Gasteiger partial charge in [0.05, 0.1) is 25.5 Å². The maximum Gasteiger partial charge on any atom is 0.276 e. The lowest BCUT2D eigenvalue weighted by atomic mass is 10.4. The van der Waals surface area contributed by atoms with E-state index in [1.165, 1.54) is 0 Å². The third-order valence-electron chi connectivity index (χ3n) is 2.34. The Morgan fingerprint density at radius 2 is 2.43 bits per heavy atom. The van der Waals surface area contributed by atoms with Crippen LogP contribution in [0.4, 0.5) is 0 Å². The van der Waals surface area contributed by atoms with Gasteiger partial charge in [0, 0.05) is 12.4 Å². The summed E-state index contributed by atoms with van der Waals surface area (Å²) in [5, 5.41) is 3.99. The SMILES string of the molecule is O=c1c2ccnn2ccn1C[C@@H]1CO1. The quantitative estimate of drug-likeness (QED) is 0.622. The summed E-state index contributed by atoms with van der Waals surface area (Å²) in [6.07, 6.45) is 5.36. The highest BCUT2D eigenvalue weighted by Gasteiger charge is 2.23. The molecule has 1 saturated heterocycles. The number of aromatic nitrogens is 3. The van der Waals surface area contributed by atoms with Gasteiger partial charge < -0.3 is 9.30 Å². The molecule has 0 spiro atoms. The lowest BCUT2D eigenvalue weighted by Crippen LogP contribution is -2.23. The number of hydrogen-bond donors (Lipinski definition) is 0. The number of epoxide rings is 1. The largest absolute Gasteiger partial charge is 0.371 e. The minimum Gasteiger partial charge on any atom is -0.371 e. The van der Waals surface area contributed by atoms with Gasteiger partial charge in [0.1, 0.15) is 5.52 Å². The van der Waals surface area contributed by atoms with Crippen LogP contribution in [0.15, 0.2) is 29.5 Å². The van der Waals surface area contributed by atoms with Crippen molar-refractivity contribution in [3.05, 3.63) is 35.0 Å². The molecule has 2 aromatic heterocycles. The Hall–Kier alpha value is -1.62. The van der Waals surface area contributed by atoms with E-state index < -0.39 is 0 Å². The van der Waals surface area contributed by atoms with Gasteiger partial charge >= 0.3 is 0 Å². The van der Waals surface area contributed by atoms with Crippen molar-refractivity contribution in [1.82, 2.24) is 14.2 Å². The Balaban J connectivity index is 2.14. The zero-order valence-corrected chi connectivity index (χ0v) is 7.46. The van der Waals surface area contributed by atoms with E-state index >= 15 is 0 Å². The lowest BCUT2D eigenvalue weighted by Gasteiger charge is -2.02. The molecule has 5 nitrogen and oxygen atoms in total. The second kappa shape index (κ2) is 2.68. The smallest absolute Gasteiger partial charge is 0.276 e. The van der Waals surface area contributed by atoms with E-state index in [1.54, 1.807) is 33.7 Å². The summed E-state index contributed by atoms with van der Waals surface area (Å²) in [5.41, 5.74) is 0.591. The monoisotopic (exact) mass is 191 g/mol. The van der Waals surface area contributed by atoms with E-state index in [0.29, 0.717) is 12.1 Å². The maximum atomic E-state index is 11.8. The van der Waals surface area contributed by atoms with Crippen molar-refractivity contribution in [1.29, 1.82) is 0 Å². The molecule has 5 heteroatoms. The molecule has 1 aliphatic rings. The van der Waals surface area contributed by atoms with E-state index in [0.717, 1.165) is 6.61 Å². The number of ether oxygens (including phenoxy) is 1. The molecule has 0 unspecified atom stereocenters. The first-order valence-electron chi connectivity index (χ1n) is 4.49. The van der Waals surface area contributed by atoms with Crippen molar-refractivity contribution in [2.75, 3.05) is 6.61 Å². The van der Waals surface area contributed by atoms with Crippen LogP contribution in [-0.2, 0) is 11.3 Å². The molecule has 3 heterocycles. The Bertz CT molecular complexity index is 524. The molecule has 14 heavy (non-hydrogen) atoms. The molecule has 2 aromatic rings. The molecule has 1 aliphatic heterocycles. The standard InChI is InChI=1S/C9H9N3O2/c13-9-8-1-2-10-12(8)4-3-11(9)5-7-6-14-7/h1-4,7H,5-6H2/t7-/m1/s1. The molecular weight excluding hydrogens is 182 g/mol. The number of rotatable bonds is 2. The van der Waals surface area contributed by atoms with Crippen LogP contribution in [0.1, 0.15) is 0 Å². The zero-order valence-electron chi connectivity index (χ0n) is 7.46. The predicted molar refractivity (Wildman–Crippen MR) is 49.2 cm³/mol. The second-order valence-corrected chi connectivity index (χ2v) is 3.37. The van der Waals surface area contributed by atoms with Gasteiger partial charge in [-0.2, -0.15) is 5.10 Å². The van der Waals surface area contributed by atoms with Gasteiger partial charge in [0.2, 0.25) is 0 Å². The van der Waals surface area contributed by atoms with Gasteiger partial charge in [0.25, 0.3) is 5.56 Å². The summed E-state index contributed by atoms with van der Waals surface area (Å²) >= 11 is 0. The fraction of sp³-hybridized carbons (Fsp3) is 0.333. The minimum atomic E-state index is -0.0134. The van der Waals surface area contributed by atoms with Crippen molar-refractivity contribution < 1.29 is 4.74 Å². The van der Waals surface area contributed by atoms with E-state index in [-0.39, 0.29) is 11.7 Å². The summed E-state index contributed by atoms with van der Waals surface area (Å²) in [6, 6.07) is 1.71. The van der Waals surface area contributed by atoms with Crippen molar-refractivity contribution in [3.63, 3.8) is 0 Å². The third-order valence-corrected chi connectivity index (χ3v) is 2.34. The molecule has 0 amide bonds. The van der Waals surface area contributed by atoms with Crippen LogP contribution in [0.2, 0.25) is 0 Å². The van der Waals surface area contributed by atoms with Crippen LogP contribution in [-0.4, -0.2) is 26.9 Å². The topological polar surface area (TPSA) is 51.8 Å². The van der Waals surface area contributed by atoms with Gasteiger partial charge in [-0.15, -0.1) is 0 Å². The van der Waals surface area contributed by atoms with E-state index in [9.17, 15) is 4.79 Å². The third kappa shape index (κ3) is 1.13. The summed E-state index contributed by atoms with van der Waals surface area (Å²) in [4.78, 5) is 11.8. The average molecular weight is 191 g/mol. The number of nitrogens with zero attached hydrogens (tertiary/aromatic N) is 3. The molecule has 0 radical (unpaired) electrons. The van der Waals surface area contributed by atoms with Crippen LogP contribution in [0.25, 0.3) is 5.52 Å². The van der Waals surface area contributed by atoms with Gasteiger partial charge in [-0.1, -0.05) is 0 Å². The molecule has 0 aliphatic carbocycles. The molecule has 0 bridgehead atoms. The maximum absolute atomic E-state index is 11.8. The molecule has 0 aromatic carbocycles. The normalized spacial score (nSPS) is 20.1. The lowest BCUT2D eigenvalue weighted by molar-refractivity contribution is 0.380. The van der Waals surface area contributed by atoms with Gasteiger partial charge in [0.15, 0.2) is 0 Å². The highest BCUT2D eigenvalue weighted by atomic mass is 16.6. The van der Waals surface area contributed by atoms with Crippen molar-refractivity contribution >= 4 is 5.52 Å². The summed E-state index contributed by atoms with van der Waals surface area (Å²) < 4.78 is 8.32. The molecule has 0 N–H and O–H groups in total. The Kier molecular flexibility index (Phi) is 1.49. The van der Waals surface area contributed by atoms with Gasteiger partial charge in [-0.05, 0) is 6.07 Å². The van der Waals surface area contributed by atoms with Crippen molar-refractivity contribution in [2.45, 2.75) is 12.6 Å². The summed E-state index contributed by atoms with van der Waals surface area (Å²) in [7, 11) is 0. The minimum absolute atomic E-state index is 0.0134. The molecule has 72 valence electrons. The first-order valence-corrected chi connectivity index (χ1v) is 4.49. The van der Waals surface area contributed by atoms with Crippen LogP contribution < -0.4 is 5.56 Å². The van der Waals surface area contributed by atoms with Crippen molar-refractivity contribution in [2.24, 2.45) is 0 Å². The molecule has 1 fully saturated rings.